The van der Waals surface area contributed by atoms with Crippen LogP contribution in [0.15, 0.2) is 65.7 Å². The van der Waals surface area contributed by atoms with Crippen LogP contribution in [0.5, 0.6) is 0 Å². The summed E-state index contributed by atoms with van der Waals surface area (Å²) in [5, 5.41) is 3.37. The van der Waals surface area contributed by atoms with Crippen LogP contribution in [0.25, 0.3) is 0 Å². The number of rotatable bonds is 8. The summed E-state index contributed by atoms with van der Waals surface area (Å²) in [5.41, 5.74) is 3.55. The van der Waals surface area contributed by atoms with Gasteiger partial charge in [0.05, 0.1) is 45.8 Å². The van der Waals surface area contributed by atoms with Crippen molar-refractivity contribution in [3.63, 3.8) is 0 Å². The molecule has 0 fully saturated rings. The van der Waals surface area contributed by atoms with Crippen LogP contribution in [0.2, 0.25) is 10.0 Å². The van der Waals surface area contributed by atoms with Crippen molar-refractivity contribution in [1.29, 1.82) is 0 Å². The lowest BCUT2D eigenvalue weighted by Crippen LogP contribution is -2.35. The van der Waals surface area contributed by atoms with Gasteiger partial charge >= 0.3 is 5.97 Å². The van der Waals surface area contributed by atoms with Crippen LogP contribution >= 0.6 is 23.2 Å². The van der Waals surface area contributed by atoms with E-state index in [4.69, 9.17) is 32.9 Å². The number of nitrogens with zero attached hydrogens (tertiary/aromatic N) is 3. The molecule has 1 aliphatic rings. The number of amides is 2. The van der Waals surface area contributed by atoms with E-state index in [2.05, 4.69) is 5.32 Å². The van der Waals surface area contributed by atoms with Crippen LogP contribution < -0.4 is 10.2 Å². The van der Waals surface area contributed by atoms with Crippen LogP contribution in [0.4, 0.5) is 17.1 Å². The Morgan fingerprint density at radius 3 is 2.26 bits per heavy atom. The fourth-order valence-corrected chi connectivity index (χ4v) is 5.09. The molecule has 39 heavy (non-hydrogen) atoms. The predicted molar refractivity (Wildman–Crippen MR) is 155 cm³/mol. The lowest BCUT2D eigenvalue weighted by Gasteiger charge is -2.22. The second-order valence-corrected chi connectivity index (χ2v) is 10.1. The second kappa shape index (κ2) is 12.0. The fraction of sp³-hybridized carbons (Fsp3) is 0.241. The molecule has 0 aromatic heterocycles. The van der Waals surface area contributed by atoms with Gasteiger partial charge < -0.3 is 19.9 Å². The molecule has 4 rings (SSSR count). The maximum atomic E-state index is 13.3. The summed E-state index contributed by atoms with van der Waals surface area (Å²) >= 11 is 13.2. The van der Waals surface area contributed by atoms with Crippen molar-refractivity contribution in [2.24, 2.45) is 4.99 Å². The Labute approximate surface area is 237 Å². The number of carbonyl (C=O) groups is 3. The van der Waals surface area contributed by atoms with E-state index in [9.17, 15) is 14.4 Å². The van der Waals surface area contributed by atoms with Crippen LogP contribution in [-0.2, 0) is 14.3 Å². The Balaban J connectivity index is 1.78. The van der Waals surface area contributed by atoms with Gasteiger partial charge in [0.2, 0.25) is 11.8 Å². The molecule has 3 aromatic rings. The van der Waals surface area contributed by atoms with Gasteiger partial charge in [-0.1, -0.05) is 59.6 Å². The van der Waals surface area contributed by atoms with Gasteiger partial charge in [-0.2, -0.15) is 0 Å². The highest BCUT2D eigenvalue weighted by atomic mass is 35.5. The van der Waals surface area contributed by atoms with Crippen molar-refractivity contribution in [3.05, 3.63) is 87.4 Å². The summed E-state index contributed by atoms with van der Waals surface area (Å²) in [4.78, 5) is 46.1. The Kier molecular flexibility index (Phi) is 8.70. The van der Waals surface area contributed by atoms with Crippen molar-refractivity contribution < 1.29 is 19.1 Å². The smallest absolute Gasteiger partial charge is 0.338 e. The first-order valence-corrected chi connectivity index (χ1v) is 13.0. The number of halogens is 2. The Morgan fingerprint density at radius 1 is 0.974 bits per heavy atom. The van der Waals surface area contributed by atoms with Gasteiger partial charge in [-0.15, -0.1) is 0 Å². The molecule has 1 N–H and O–H groups in total. The largest absolute Gasteiger partial charge is 0.462 e. The molecule has 1 unspecified atom stereocenters. The van der Waals surface area contributed by atoms with Crippen LogP contribution in [0.3, 0.4) is 0 Å². The van der Waals surface area contributed by atoms with Gasteiger partial charge in [0.25, 0.3) is 0 Å². The maximum Gasteiger partial charge on any atom is 0.338 e. The first kappa shape index (κ1) is 28.3. The zero-order chi connectivity index (χ0) is 28.3. The molecule has 0 bridgehead atoms. The molecule has 1 heterocycles. The predicted octanol–water partition coefficient (Wildman–Crippen LogP) is 5.55. The minimum absolute atomic E-state index is 0.175. The average Bonchev–Trinajstić information content (AvgIpc) is 3.21. The van der Waals surface area contributed by atoms with Gasteiger partial charge in [-0.25, -0.2) is 4.79 Å². The number of benzene rings is 3. The Bertz CT molecular complexity index is 1430. The summed E-state index contributed by atoms with van der Waals surface area (Å²) in [5.74, 6) is -1.67. The molecule has 3 aromatic carbocycles. The molecule has 1 atom stereocenters. The molecule has 2 amide bonds. The number of fused-ring (bicyclic) bond motifs is 1. The SMILES string of the molecule is CCOC(=O)c1ccc2c(c1)NC(=O)C2C(=Nc1cc(Cl)c(N(C)C(=O)CN(C)C)c(Cl)c1)c1ccccc1. The van der Waals surface area contributed by atoms with Gasteiger partial charge in [0.15, 0.2) is 0 Å². The quantitative estimate of drug-likeness (QED) is 0.285. The van der Waals surface area contributed by atoms with Crippen molar-refractivity contribution in [2.75, 3.05) is 44.5 Å². The lowest BCUT2D eigenvalue weighted by molar-refractivity contribution is -0.119. The van der Waals surface area contributed by atoms with Gasteiger partial charge in [0.1, 0.15) is 5.92 Å². The highest BCUT2D eigenvalue weighted by molar-refractivity contribution is 6.40. The lowest BCUT2D eigenvalue weighted by atomic mass is 9.90. The van der Waals surface area contributed by atoms with Gasteiger partial charge in [-0.3, -0.25) is 14.6 Å². The van der Waals surface area contributed by atoms with E-state index in [1.54, 1.807) is 63.3 Å². The van der Waals surface area contributed by atoms with Crippen molar-refractivity contribution in [2.45, 2.75) is 12.8 Å². The highest BCUT2D eigenvalue weighted by Gasteiger charge is 2.36. The number of hydrogen-bond acceptors (Lipinski definition) is 6. The molecular formula is C29H28Cl2N4O4. The molecule has 0 radical (unpaired) electrons. The van der Waals surface area contributed by atoms with Gasteiger partial charge in [-0.05, 0) is 56.4 Å². The second-order valence-electron chi connectivity index (χ2n) is 9.26. The van der Waals surface area contributed by atoms with Crippen LogP contribution in [0.1, 0.15) is 34.3 Å². The number of anilines is 2. The molecule has 1 aliphatic heterocycles. The summed E-state index contributed by atoms with van der Waals surface area (Å²) in [6, 6.07) is 17.5. The number of ether oxygens (including phenoxy) is 1. The first-order valence-electron chi connectivity index (χ1n) is 12.3. The monoisotopic (exact) mass is 566 g/mol. The third-order valence-electron chi connectivity index (χ3n) is 6.15. The minimum Gasteiger partial charge on any atom is -0.462 e. The summed E-state index contributed by atoms with van der Waals surface area (Å²) in [6.07, 6.45) is 0. The van der Waals surface area contributed by atoms with E-state index >= 15 is 0 Å². The third-order valence-corrected chi connectivity index (χ3v) is 6.73. The Morgan fingerprint density at radius 2 is 1.64 bits per heavy atom. The van der Waals surface area contributed by atoms with Crippen molar-refractivity contribution in [1.82, 2.24) is 4.90 Å². The normalized spacial score (nSPS) is 14.7. The average molecular weight is 567 g/mol. The molecule has 0 aliphatic carbocycles. The van der Waals surface area contributed by atoms with E-state index in [0.29, 0.717) is 33.9 Å². The van der Waals surface area contributed by atoms with E-state index in [0.717, 1.165) is 5.56 Å². The van der Waals surface area contributed by atoms with E-state index in [1.165, 1.54) is 4.90 Å². The molecule has 0 saturated carbocycles. The van der Waals surface area contributed by atoms with Crippen LogP contribution in [0, 0.1) is 0 Å². The minimum atomic E-state index is -0.750. The fourth-order valence-electron chi connectivity index (χ4n) is 4.36. The van der Waals surface area contributed by atoms with Crippen molar-refractivity contribution >= 4 is 63.8 Å². The standard InChI is InChI=1S/C29H28Cl2N4O4/c1-5-39-29(38)18-11-12-20-23(13-18)33-28(37)25(20)26(17-9-7-6-8-10-17)32-19-14-21(30)27(22(31)15-19)35(4)24(36)16-34(2)3/h6-15,25H,5,16H2,1-4H3,(H,33,37). The molecule has 8 nitrogen and oxygen atoms in total. The highest BCUT2D eigenvalue weighted by Crippen LogP contribution is 2.40. The summed E-state index contributed by atoms with van der Waals surface area (Å²) in [6.45, 7) is 2.17. The number of esters is 1. The molecule has 0 saturated heterocycles. The number of likely N-dealkylation sites (N-methyl/N-ethyl adjacent to an activating group) is 2. The molecule has 202 valence electrons. The Hall–Kier alpha value is -3.72. The zero-order valence-electron chi connectivity index (χ0n) is 22.0. The topological polar surface area (TPSA) is 91.3 Å². The third kappa shape index (κ3) is 6.14. The molecule has 0 spiro atoms. The maximum absolute atomic E-state index is 13.3. The van der Waals surface area contributed by atoms with E-state index in [1.807, 2.05) is 30.3 Å². The zero-order valence-corrected chi connectivity index (χ0v) is 23.5. The first-order chi connectivity index (χ1) is 18.6. The summed E-state index contributed by atoms with van der Waals surface area (Å²) < 4.78 is 5.09. The van der Waals surface area contributed by atoms with Crippen molar-refractivity contribution in [3.8, 4) is 0 Å². The number of hydrogen-bond donors (Lipinski definition) is 1. The number of nitrogens with one attached hydrogen (secondary N) is 1. The van der Waals surface area contributed by atoms with Crippen LogP contribution in [-0.4, -0.2) is 62.7 Å². The molecule has 10 heteroatoms. The number of aliphatic imine (C=N–C) groups is 1. The van der Waals surface area contributed by atoms with Gasteiger partial charge in [0, 0.05) is 12.7 Å². The number of carbonyl (C=O) groups excluding carboxylic acids is 3. The summed E-state index contributed by atoms with van der Waals surface area (Å²) in [7, 11) is 5.21. The van der Waals surface area contributed by atoms with E-state index in [-0.39, 0.29) is 35.0 Å². The van der Waals surface area contributed by atoms with E-state index < -0.39 is 11.9 Å². The molecular weight excluding hydrogens is 539 g/mol.